The van der Waals surface area contributed by atoms with E-state index in [-0.39, 0.29) is 17.9 Å². The smallest absolute Gasteiger partial charge is 0.244 e. The Balaban J connectivity index is 1.67. The predicted octanol–water partition coefficient (Wildman–Crippen LogP) is 4.16. The highest BCUT2D eigenvalue weighted by atomic mass is 16.5. The summed E-state index contributed by atoms with van der Waals surface area (Å²) in [5, 5.41) is 3.10. The molecule has 0 fully saturated rings. The Morgan fingerprint density at radius 1 is 1.19 bits per heavy atom. The molecule has 0 aromatic heterocycles. The first-order valence-corrected chi connectivity index (χ1v) is 8.95. The molecule has 1 amide bonds. The van der Waals surface area contributed by atoms with Crippen LogP contribution in [0.5, 0.6) is 11.5 Å². The summed E-state index contributed by atoms with van der Waals surface area (Å²) in [5.74, 6) is 1.93. The Morgan fingerprint density at radius 3 is 2.65 bits per heavy atom. The summed E-state index contributed by atoms with van der Waals surface area (Å²) in [4.78, 5) is 12.4. The van der Waals surface area contributed by atoms with E-state index in [2.05, 4.69) is 25.2 Å². The normalized spacial score (nSPS) is 14.2. The highest BCUT2D eigenvalue weighted by molar-refractivity contribution is 5.92. The summed E-state index contributed by atoms with van der Waals surface area (Å²) in [7, 11) is 1.65. The molecule has 0 spiro atoms. The zero-order valence-electron chi connectivity index (χ0n) is 15.5. The maximum atomic E-state index is 12.4. The number of carbonyl (C=O) groups excluding carboxylic acids is 1. The third-order valence-corrected chi connectivity index (χ3v) is 4.58. The molecule has 1 atom stereocenters. The van der Waals surface area contributed by atoms with Crippen LogP contribution in [-0.4, -0.2) is 19.6 Å². The number of carbonyl (C=O) groups is 1. The maximum absolute atomic E-state index is 12.4. The quantitative estimate of drug-likeness (QED) is 0.795. The summed E-state index contributed by atoms with van der Waals surface area (Å²) in [6.07, 6.45) is 4.37. The van der Waals surface area contributed by atoms with Crippen molar-refractivity contribution in [3.8, 4) is 11.5 Å². The van der Waals surface area contributed by atoms with Crippen molar-refractivity contribution in [2.75, 3.05) is 13.7 Å². The molecule has 1 heterocycles. The van der Waals surface area contributed by atoms with Crippen molar-refractivity contribution in [1.29, 1.82) is 0 Å². The third kappa shape index (κ3) is 4.26. The Bertz CT molecular complexity index is 794. The van der Waals surface area contributed by atoms with Crippen LogP contribution in [0.3, 0.4) is 0 Å². The predicted molar refractivity (Wildman–Crippen MR) is 103 cm³/mol. The molecular weight excluding hydrogens is 326 g/mol. The summed E-state index contributed by atoms with van der Waals surface area (Å²) in [5.41, 5.74) is 3.28. The Morgan fingerprint density at radius 2 is 1.96 bits per heavy atom. The largest absolute Gasteiger partial charge is 0.497 e. The van der Waals surface area contributed by atoms with Gasteiger partial charge in [-0.15, -0.1) is 0 Å². The molecule has 136 valence electrons. The van der Waals surface area contributed by atoms with E-state index in [4.69, 9.17) is 9.47 Å². The molecule has 0 bridgehead atoms. The van der Waals surface area contributed by atoms with Gasteiger partial charge in [0.05, 0.1) is 19.8 Å². The van der Waals surface area contributed by atoms with Crippen molar-refractivity contribution in [1.82, 2.24) is 5.32 Å². The van der Waals surface area contributed by atoms with Gasteiger partial charge in [0.15, 0.2) is 0 Å². The fourth-order valence-corrected chi connectivity index (χ4v) is 3.13. The Kier molecular flexibility index (Phi) is 5.61. The highest BCUT2D eigenvalue weighted by Gasteiger charge is 2.17. The lowest BCUT2D eigenvalue weighted by atomic mass is 9.96. The Labute approximate surface area is 154 Å². The monoisotopic (exact) mass is 351 g/mol. The molecule has 1 aliphatic heterocycles. The van der Waals surface area contributed by atoms with Crippen molar-refractivity contribution in [3.05, 3.63) is 65.2 Å². The number of fused-ring (bicyclic) bond motifs is 1. The minimum Gasteiger partial charge on any atom is -0.497 e. The van der Waals surface area contributed by atoms with E-state index in [0.29, 0.717) is 0 Å². The molecule has 0 unspecified atom stereocenters. The van der Waals surface area contributed by atoms with Crippen molar-refractivity contribution in [3.63, 3.8) is 0 Å². The number of hydrogen-bond donors (Lipinski definition) is 1. The standard InChI is InChI=1S/C22H25NO3/c1-15(2)22(17-6-8-19(25-3)9-7-17)23-21(24)11-5-16-4-10-20-18(14-16)12-13-26-20/h4-11,14-15,22H,12-13H2,1-3H3,(H,23,24)/b11-5+/t22-/m0/s1. The van der Waals surface area contributed by atoms with Gasteiger partial charge < -0.3 is 14.8 Å². The topological polar surface area (TPSA) is 47.6 Å². The van der Waals surface area contributed by atoms with Crippen LogP contribution in [0.4, 0.5) is 0 Å². The molecule has 2 aromatic rings. The minimum absolute atomic E-state index is 0.0496. The van der Waals surface area contributed by atoms with Gasteiger partial charge in [0.25, 0.3) is 0 Å². The van der Waals surface area contributed by atoms with Gasteiger partial charge in [0.1, 0.15) is 11.5 Å². The second-order valence-corrected chi connectivity index (χ2v) is 6.80. The number of methoxy groups -OCH3 is 1. The lowest BCUT2D eigenvalue weighted by Gasteiger charge is -2.22. The van der Waals surface area contributed by atoms with Crippen LogP contribution in [0.2, 0.25) is 0 Å². The summed E-state index contributed by atoms with van der Waals surface area (Å²) >= 11 is 0. The second kappa shape index (κ2) is 8.09. The van der Waals surface area contributed by atoms with Gasteiger partial charge in [-0.05, 0) is 52.9 Å². The van der Waals surface area contributed by atoms with E-state index in [1.54, 1.807) is 13.2 Å². The lowest BCUT2D eigenvalue weighted by molar-refractivity contribution is -0.117. The fraction of sp³-hybridized carbons (Fsp3) is 0.318. The van der Waals surface area contributed by atoms with Crippen LogP contribution in [0.15, 0.2) is 48.5 Å². The molecule has 4 nitrogen and oxygen atoms in total. The highest BCUT2D eigenvalue weighted by Crippen LogP contribution is 2.26. The first-order valence-electron chi connectivity index (χ1n) is 8.95. The average Bonchev–Trinajstić information content (AvgIpc) is 3.12. The lowest BCUT2D eigenvalue weighted by Crippen LogP contribution is -2.30. The van der Waals surface area contributed by atoms with Crippen molar-refractivity contribution >= 4 is 12.0 Å². The van der Waals surface area contributed by atoms with Gasteiger partial charge in [0, 0.05) is 12.5 Å². The molecule has 1 N–H and O–H groups in total. The molecule has 0 aliphatic carbocycles. The van der Waals surface area contributed by atoms with Crippen molar-refractivity contribution in [2.45, 2.75) is 26.3 Å². The number of rotatable bonds is 6. The third-order valence-electron chi connectivity index (χ3n) is 4.58. The van der Waals surface area contributed by atoms with E-state index in [1.807, 2.05) is 42.5 Å². The van der Waals surface area contributed by atoms with E-state index >= 15 is 0 Å². The molecular formula is C22H25NO3. The van der Waals surface area contributed by atoms with Crippen LogP contribution in [0.1, 0.15) is 36.6 Å². The van der Waals surface area contributed by atoms with Gasteiger partial charge in [-0.3, -0.25) is 4.79 Å². The zero-order chi connectivity index (χ0) is 18.5. The van der Waals surface area contributed by atoms with Crippen LogP contribution in [0, 0.1) is 5.92 Å². The first-order chi connectivity index (χ1) is 12.6. The van der Waals surface area contributed by atoms with E-state index < -0.39 is 0 Å². The molecule has 26 heavy (non-hydrogen) atoms. The maximum Gasteiger partial charge on any atom is 0.244 e. The van der Waals surface area contributed by atoms with E-state index in [9.17, 15) is 4.79 Å². The number of ether oxygens (including phenoxy) is 2. The van der Waals surface area contributed by atoms with Gasteiger partial charge in [0.2, 0.25) is 5.91 Å². The summed E-state index contributed by atoms with van der Waals surface area (Å²) in [6.45, 7) is 4.93. The zero-order valence-corrected chi connectivity index (χ0v) is 15.5. The van der Waals surface area contributed by atoms with E-state index in [1.165, 1.54) is 5.56 Å². The Hall–Kier alpha value is -2.75. The van der Waals surface area contributed by atoms with Gasteiger partial charge >= 0.3 is 0 Å². The van der Waals surface area contributed by atoms with Crippen LogP contribution < -0.4 is 14.8 Å². The van der Waals surface area contributed by atoms with Gasteiger partial charge in [-0.25, -0.2) is 0 Å². The SMILES string of the molecule is COc1ccc([C@@H](NC(=O)/C=C/c2ccc3c(c2)CCO3)C(C)C)cc1. The number of amides is 1. The molecule has 3 rings (SSSR count). The van der Waals surface area contributed by atoms with Gasteiger partial charge in [-0.2, -0.15) is 0 Å². The summed E-state index contributed by atoms with van der Waals surface area (Å²) < 4.78 is 10.7. The number of benzene rings is 2. The second-order valence-electron chi connectivity index (χ2n) is 6.80. The van der Waals surface area contributed by atoms with Crippen LogP contribution >= 0.6 is 0 Å². The first kappa shape index (κ1) is 18.1. The average molecular weight is 351 g/mol. The molecule has 0 saturated heterocycles. The van der Waals surface area contributed by atoms with Crippen molar-refractivity contribution in [2.24, 2.45) is 5.92 Å². The number of nitrogens with one attached hydrogen (secondary N) is 1. The minimum atomic E-state index is -0.101. The van der Waals surface area contributed by atoms with Crippen molar-refractivity contribution < 1.29 is 14.3 Å². The molecule has 4 heteroatoms. The molecule has 2 aromatic carbocycles. The van der Waals surface area contributed by atoms with Gasteiger partial charge in [-0.1, -0.05) is 32.0 Å². The summed E-state index contributed by atoms with van der Waals surface area (Å²) in [6, 6.07) is 13.8. The number of hydrogen-bond acceptors (Lipinski definition) is 3. The fourth-order valence-electron chi connectivity index (χ4n) is 3.13. The molecule has 0 saturated carbocycles. The van der Waals surface area contributed by atoms with Crippen LogP contribution in [0.25, 0.3) is 6.08 Å². The van der Waals surface area contributed by atoms with E-state index in [0.717, 1.165) is 35.7 Å². The molecule has 1 aliphatic rings. The van der Waals surface area contributed by atoms with Crippen LogP contribution in [-0.2, 0) is 11.2 Å². The molecule has 0 radical (unpaired) electrons.